The summed E-state index contributed by atoms with van der Waals surface area (Å²) in [6, 6.07) is 6.96. The van der Waals surface area contributed by atoms with Crippen LogP contribution in [-0.4, -0.2) is 9.67 Å². The smallest absolute Gasteiger partial charge is 0.0807 e. The van der Waals surface area contributed by atoms with E-state index in [-0.39, 0.29) is 6.10 Å². The van der Waals surface area contributed by atoms with Crippen molar-refractivity contribution in [3.8, 4) is 0 Å². The Labute approximate surface area is 125 Å². The van der Waals surface area contributed by atoms with Crippen LogP contribution in [0.1, 0.15) is 60.7 Å². The van der Waals surface area contributed by atoms with Crippen molar-refractivity contribution in [3.63, 3.8) is 0 Å². The summed E-state index contributed by atoms with van der Waals surface area (Å²) in [7, 11) is 0. The molecule has 1 aliphatic rings. The highest BCUT2D eigenvalue weighted by atomic mass is 32.1. The molecule has 0 bridgehead atoms. The summed E-state index contributed by atoms with van der Waals surface area (Å²) < 4.78 is 2.48. The number of aliphatic hydroxyl groups is 1. The van der Waals surface area contributed by atoms with Gasteiger partial charge in [-0.1, -0.05) is 19.9 Å². The normalized spacial score (nSPS) is 20.1. The summed E-state index contributed by atoms with van der Waals surface area (Å²) >= 11 is 1.83. The maximum Gasteiger partial charge on any atom is 0.0807 e. The first-order chi connectivity index (χ1) is 9.59. The van der Waals surface area contributed by atoms with Crippen LogP contribution in [-0.2, 0) is 6.42 Å². The monoisotopic (exact) mass is 289 g/mol. The van der Waals surface area contributed by atoms with Crippen LogP contribution in [0.3, 0.4) is 0 Å². The van der Waals surface area contributed by atoms with Crippen LogP contribution in [0.5, 0.6) is 0 Å². The minimum Gasteiger partial charge on any atom is -0.388 e. The third kappa shape index (κ3) is 2.23. The topological polar surface area (TPSA) is 25.2 Å². The molecule has 20 heavy (non-hydrogen) atoms. The highest BCUT2D eigenvalue weighted by molar-refractivity contribution is 7.10. The summed E-state index contributed by atoms with van der Waals surface area (Å²) in [4.78, 5) is 1.42. The van der Waals surface area contributed by atoms with Gasteiger partial charge in [-0.15, -0.1) is 11.3 Å². The third-order valence-electron chi connectivity index (χ3n) is 4.36. The molecule has 0 radical (unpaired) electrons. The maximum atomic E-state index is 10.2. The van der Waals surface area contributed by atoms with E-state index in [4.69, 9.17) is 0 Å². The van der Waals surface area contributed by atoms with Crippen molar-refractivity contribution in [2.45, 2.75) is 52.2 Å². The van der Waals surface area contributed by atoms with Crippen molar-refractivity contribution in [2.75, 3.05) is 0 Å². The number of fused-ring (bicyclic) bond motifs is 1. The number of thiophene rings is 1. The molecule has 2 aromatic heterocycles. The third-order valence-corrected chi connectivity index (χ3v) is 5.31. The highest BCUT2D eigenvalue weighted by Crippen LogP contribution is 2.39. The van der Waals surface area contributed by atoms with Gasteiger partial charge in [0.25, 0.3) is 0 Å². The van der Waals surface area contributed by atoms with Crippen LogP contribution in [0.2, 0.25) is 0 Å². The summed E-state index contributed by atoms with van der Waals surface area (Å²) in [5.74, 6) is 0.544. The average Bonchev–Trinajstić information content (AvgIpc) is 3.01. The molecule has 2 aromatic rings. The van der Waals surface area contributed by atoms with Gasteiger partial charge < -0.3 is 9.67 Å². The number of hydrogen-bond donors (Lipinski definition) is 1. The van der Waals surface area contributed by atoms with Gasteiger partial charge in [-0.2, -0.15) is 0 Å². The second kappa shape index (κ2) is 5.38. The van der Waals surface area contributed by atoms with E-state index in [0.717, 1.165) is 24.8 Å². The minimum atomic E-state index is -0.269. The highest BCUT2D eigenvalue weighted by Gasteiger charge is 2.28. The van der Waals surface area contributed by atoms with Gasteiger partial charge in [0.2, 0.25) is 0 Å². The Balaban J connectivity index is 2.13. The lowest BCUT2D eigenvalue weighted by molar-refractivity contribution is 0.155. The fourth-order valence-electron chi connectivity index (χ4n) is 3.50. The minimum absolute atomic E-state index is 0.269. The molecule has 2 unspecified atom stereocenters. The zero-order valence-electron chi connectivity index (χ0n) is 12.5. The fraction of sp³-hybridized carbons (Fsp3) is 0.529. The van der Waals surface area contributed by atoms with Crippen molar-refractivity contribution >= 4 is 11.3 Å². The van der Waals surface area contributed by atoms with Crippen LogP contribution in [0.4, 0.5) is 0 Å². The van der Waals surface area contributed by atoms with E-state index in [1.54, 1.807) is 0 Å². The molecule has 0 aliphatic heterocycles. The number of aryl methyl sites for hydroxylation is 1. The maximum absolute atomic E-state index is 10.2. The van der Waals surface area contributed by atoms with Gasteiger partial charge in [0.05, 0.1) is 12.1 Å². The Bertz CT molecular complexity index is 582. The number of aliphatic hydroxyl groups excluding tert-OH is 1. The van der Waals surface area contributed by atoms with Gasteiger partial charge in [0.15, 0.2) is 0 Å². The van der Waals surface area contributed by atoms with Crippen LogP contribution >= 0.6 is 11.3 Å². The van der Waals surface area contributed by atoms with Crippen molar-refractivity contribution in [1.82, 2.24) is 4.57 Å². The van der Waals surface area contributed by atoms with E-state index in [2.05, 4.69) is 48.9 Å². The molecule has 0 aromatic carbocycles. The molecular formula is C17H23NOS. The van der Waals surface area contributed by atoms with Crippen LogP contribution in [0, 0.1) is 12.8 Å². The van der Waals surface area contributed by atoms with E-state index >= 15 is 0 Å². The van der Waals surface area contributed by atoms with Gasteiger partial charge in [0, 0.05) is 21.8 Å². The summed E-state index contributed by atoms with van der Waals surface area (Å²) in [6.07, 6.45) is 2.82. The van der Waals surface area contributed by atoms with Crippen molar-refractivity contribution < 1.29 is 5.11 Å². The molecule has 0 fully saturated rings. The largest absolute Gasteiger partial charge is 0.388 e. The first-order valence-corrected chi connectivity index (χ1v) is 8.39. The predicted molar refractivity (Wildman–Crippen MR) is 84.4 cm³/mol. The molecule has 0 amide bonds. The summed E-state index contributed by atoms with van der Waals surface area (Å²) in [6.45, 7) is 6.75. The zero-order valence-corrected chi connectivity index (χ0v) is 13.3. The van der Waals surface area contributed by atoms with Gasteiger partial charge in [-0.05, 0) is 49.6 Å². The number of hydrogen-bond acceptors (Lipinski definition) is 2. The van der Waals surface area contributed by atoms with E-state index in [1.165, 1.54) is 16.3 Å². The number of nitrogens with zero attached hydrogens (tertiary/aromatic N) is 1. The molecule has 1 N–H and O–H groups in total. The van der Waals surface area contributed by atoms with Crippen molar-refractivity contribution in [1.29, 1.82) is 0 Å². The lowest BCUT2D eigenvalue weighted by Gasteiger charge is -2.28. The SMILES string of the molecule is Cc1cc2c(n1C(c1cccs1)C(C)C)CCCC2O. The van der Waals surface area contributed by atoms with Gasteiger partial charge in [0.1, 0.15) is 0 Å². The molecule has 108 valence electrons. The van der Waals surface area contributed by atoms with Crippen molar-refractivity contribution in [3.05, 3.63) is 45.4 Å². The van der Waals surface area contributed by atoms with E-state index < -0.39 is 0 Å². The first-order valence-electron chi connectivity index (χ1n) is 7.51. The van der Waals surface area contributed by atoms with E-state index in [9.17, 15) is 5.11 Å². The molecule has 2 atom stereocenters. The summed E-state index contributed by atoms with van der Waals surface area (Å²) in [5.41, 5.74) is 3.80. The van der Waals surface area contributed by atoms with Crippen LogP contribution in [0.25, 0.3) is 0 Å². The zero-order chi connectivity index (χ0) is 14.3. The van der Waals surface area contributed by atoms with Crippen molar-refractivity contribution in [2.24, 2.45) is 5.92 Å². The second-order valence-corrected chi connectivity index (χ2v) is 7.15. The standard InChI is InChI=1S/C17H23NOS/c1-11(2)17(16-8-5-9-20-16)18-12(3)10-13-14(18)6-4-7-15(13)19/h5,8-11,15,17,19H,4,6-7H2,1-3H3. The number of rotatable bonds is 3. The fourth-order valence-corrected chi connectivity index (χ4v) is 4.49. The van der Waals surface area contributed by atoms with Crippen LogP contribution in [0.15, 0.2) is 23.6 Å². The average molecular weight is 289 g/mol. The molecule has 3 rings (SSSR count). The molecular weight excluding hydrogens is 266 g/mol. The summed E-state index contributed by atoms with van der Waals surface area (Å²) in [5, 5.41) is 12.4. The van der Waals surface area contributed by atoms with Crippen LogP contribution < -0.4 is 0 Å². The first kappa shape index (κ1) is 13.9. The Morgan fingerprint density at radius 1 is 1.40 bits per heavy atom. The second-order valence-electron chi connectivity index (χ2n) is 6.17. The molecule has 1 aliphatic carbocycles. The van der Waals surface area contributed by atoms with Gasteiger partial charge >= 0.3 is 0 Å². The molecule has 2 heterocycles. The lowest BCUT2D eigenvalue weighted by atomic mass is 9.94. The lowest BCUT2D eigenvalue weighted by Crippen LogP contribution is -2.21. The quantitative estimate of drug-likeness (QED) is 0.886. The molecule has 3 heteroatoms. The number of aromatic nitrogens is 1. The van der Waals surface area contributed by atoms with Gasteiger partial charge in [-0.3, -0.25) is 0 Å². The van der Waals surface area contributed by atoms with E-state index in [0.29, 0.717) is 12.0 Å². The molecule has 0 spiro atoms. The van der Waals surface area contributed by atoms with E-state index in [1.807, 2.05) is 11.3 Å². The molecule has 0 saturated carbocycles. The Kier molecular flexibility index (Phi) is 3.74. The molecule has 0 saturated heterocycles. The van der Waals surface area contributed by atoms with Gasteiger partial charge in [-0.25, -0.2) is 0 Å². The Hall–Kier alpha value is -1.06. The molecule has 2 nitrogen and oxygen atoms in total. The Morgan fingerprint density at radius 2 is 2.20 bits per heavy atom. The predicted octanol–water partition coefficient (Wildman–Crippen LogP) is 4.47. The Morgan fingerprint density at radius 3 is 2.85 bits per heavy atom.